The predicted octanol–water partition coefficient (Wildman–Crippen LogP) is 0.361. The van der Waals surface area contributed by atoms with E-state index in [1.54, 1.807) is 12.2 Å². The minimum absolute atomic E-state index is 0.0289. The number of hydrogen-bond donors (Lipinski definition) is 4. The van der Waals surface area contributed by atoms with Gasteiger partial charge in [-0.25, -0.2) is 0 Å². The topological polar surface area (TPSA) is 99.7 Å². The SMILES string of the molecule is N=C(N)C=CCC=CC(=N)N. The summed E-state index contributed by atoms with van der Waals surface area (Å²) in [7, 11) is 0. The van der Waals surface area contributed by atoms with Gasteiger partial charge < -0.3 is 11.5 Å². The molecule has 0 aromatic carbocycles. The predicted molar refractivity (Wildman–Crippen MR) is 46.7 cm³/mol. The Morgan fingerprint density at radius 1 is 1.00 bits per heavy atom. The molecule has 0 fully saturated rings. The number of nitrogens with one attached hydrogen (secondary N) is 2. The molecule has 4 heteroatoms. The Balaban J connectivity index is 3.57. The van der Waals surface area contributed by atoms with Crippen LogP contribution in [-0.4, -0.2) is 11.7 Å². The maximum atomic E-state index is 6.81. The van der Waals surface area contributed by atoms with E-state index in [1.807, 2.05) is 0 Å². The van der Waals surface area contributed by atoms with Crippen LogP contribution in [0.3, 0.4) is 0 Å². The normalized spacial score (nSPS) is 10.9. The Hall–Kier alpha value is -1.58. The van der Waals surface area contributed by atoms with Crippen LogP contribution in [-0.2, 0) is 0 Å². The van der Waals surface area contributed by atoms with Gasteiger partial charge in [0.05, 0.1) is 0 Å². The van der Waals surface area contributed by atoms with Crippen molar-refractivity contribution in [3.05, 3.63) is 24.3 Å². The number of allylic oxidation sites excluding steroid dienone is 2. The molecule has 0 aliphatic rings. The fourth-order valence-electron chi connectivity index (χ4n) is 0.469. The van der Waals surface area contributed by atoms with Gasteiger partial charge in [0.2, 0.25) is 0 Å². The van der Waals surface area contributed by atoms with E-state index >= 15 is 0 Å². The average molecular weight is 152 g/mol. The molecule has 0 aromatic heterocycles. The lowest BCUT2D eigenvalue weighted by atomic mass is 10.3. The maximum absolute atomic E-state index is 6.81. The van der Waals surface area contributed by atoms with Gasteiger partial charge in [0.25, 0.3) is 0 Å². The second-order valence-corrected chi connectivity index (χ2v) is 1.95. The fourth-order valence-corrected chi connectivity index (χ4v) is 0.469. The summed E-state index contributed by atoms with van der Waals surface area (Å²) in [5.74, 6) is 0.0578. The second kappa shape index (κ2) is 5.22. The highest BCUT2D eigenvalue weighted by Crippen LogP contribution is 1.84. The standard InChI is InChI=1S/C7H12N4/c8-6(9)4-2-1-3-5-7(10)11/h2-5H,1H2,(H3,8,9)(H3,10,11). The number of hydrogen-bond acceptors (Lipinski definition) is 2. The van der Waals surface area contributed by atoms with E-state index < -0.39 is 0 Å². The molecular weight excluding hydrogens is 140 g/mol. The molecule has 0 aliphatic heterocycles. The molecule has 0 saturated carbocycles. The van der Waals surface area contributed by atoms with Crippen molar-refractivity contribution in [2.45, 2.75) is 6.42 Å². The van der Waals surface area contributed by atoms with Crippen LogP contribution in [0.15, 0.2) is 24.3 Å². The molecule has 0 radical (unpaired) electrons. The molecule has 0 unspecified atom stereocenters. The summed E-state index contributed by atoms with van der Waals surface area (Å²) in [6.45, 7) is 0. The van der Waals surface area contributed by atoms with Crippen molar-refractivity contribution in [2.75, 3.05) is 0 Å². The Kier molecular flexibility index (Phi) is 4.47. The third-order valence-corrected chi connectivity index (χ3v) is 0.867. The van der Waals surface area contributed by atoms with E-state index in [1.165, 1.54) is 12.2 Å². The Bertz CT molecular complexity index is 180. The first-order chi connectivity index (χ1) is 5.13. The highest BCUT2D eigenvalue weighted by atomic mass is 14.7. The quantitative estimate of drug-likeness (QED) is 0.345. The Morgan fingerprint density at radius 3 is 1.64 bits per heavy atom. The largest absolute Gasteiger partial charge is 0.384 e. The summed E-state index contributed by atoms with van der Waals surface area (Å²) < 4.78 is 0. The lowest BCUT2D eigenvalue weighted by Gasteiger charge is -1.84. The van der Waals surface area contributed by atoms with Gasteiger partial charge in [-0.1, -0.05) is 12.2 Å². The van der Waals surface area contributed by atoms with Crippen molar-refractivity contribution in [1.82, 2.24) is 0 Å². The molecule has 0 saturated heterocycles. The Morgan fingerprint density at radius 2 is 1.36 bits per heavy atom. The van der Waals surface area contributed by atoms with Crippen LogP contribution < -0.4 is 11.5 Å². The van der Waals surface area contributed by atoms with Gasteiger partial charge in [0.1, 0.15) is 11.7 Å². The van der Waals surface area contributed by atoms with Crippen LogP contribution in [0.2, 0.25) is 0 Å². The minimum Gasteiger partial charge on any atom is -0.384 e. The molecular formula is C7H12N4. The van der Waals surface area contributed by atoms with Crippen LogP contribution in [0, 0.1) is 10.8 Å². The van der Waals surface area contributed by atoms with E-state index in [9.17, 15) is 0 Å². The summed E-state index contributed by atoms with van der Waals surface area (Å²) in [5, 5.41) is 13.6. The molecule has 6 N–H and O–H groups in total. The molecule has 0 amide bonds. The maximum Gasteiger partial charge on any atom is 0.114 e. The van der Waals surface area contributed by atoms with Crippen LogP contribution in [0.1, 0.15) is 6.42 Å². The van der Waals surface area contributed by atoms with E-state index in [0.717, 1.165) is 0 Å². The monoisotopic (exact) mass is 152 g/mol. The number of amidine groups is 2. The van der Waals surface area contributed by atoms with Crippen LogP contribution in [0.5, 0.6) is 0 Å². The lowest BCUT2D eigenvalue weighted by molar-refractivity contribution is 1.37. The molecule has 0 heterocycles. The van der Waals surface area contributed by atoms with E-state index in [2.05, 4.69) is 0 Å². The Labute approximate surface area is 65.6 Å². The number of nitrogens with two attached hydrogens (primary N) is 2. The van der Waals surface area contributed by atoms with Crippen molar-refractivity contribution >= 4 is 11.7 Å². The molecule has 0 aliphatic carbocycles. The first kappa shape index (κ1) is 9.42. The first-order valence-electron chi connectivity index (χ1n) is 3.14. The molecule has 0 bridgehead atoms. The van der Waals surface area contributed by atoms with Gasteiger partial charge in [0, 0.05) is 0 Å². The van der Waals surface area contributed by atoms with E-state index in [0.29, 0.717) is 6.42 Å². The minimum atomic E-state index is 0.0289. The van der Waals surface area contributed by atoms with Crippen LogP contribution in [0.25, 0.3) is 0 Å². The first-order valence-corrected chi connectivity index (χ1v) is 3.14. The van der Waals surface area contributed by atoms with Crippen molar-refractivity contribution in [2.24, 2.45) is 11.5 Å². The zero-order valence-electron chi connectivity index (χ0n) is 6.17. The van der Waals surface area contributed by atoms with E-state index in [4.69, 9.17) is 22.3 Å². The van der Waals surface area contributed by atoms with Gasteiger partial charge in [-0.15, -0.1) is 0 Å². The zero-order chi connectivity index (χ0) is 8.69. The summed E-state index contributed by atoms with van der Waals surface area (Å²) in [5.41, 5.74) is 10.1. The average Bonchev–Trinajstić information content (AvgIpc) is 1.85. The summed E-state index contributed by atoms with van der Waals surface area (Å²) in [6, 6.07) is 0. The third kappa shape index (κ3) is 8.42. The molecule has 60 valence electrons. The van der Waals surface area contributed by atoms with Gasteiger partial charge in [0.15, 0.2) is 0 Å². The van der Waals surface area contributed by atoms with Gasteiger partial charge >= 0.3 is 0 Å². The van der Waals surface area contributed by atoms with Crippen LogP contribution in [0.4, 0.5) is 0 Å². The van der Waals surface area contributed by atoms with Crippen LogP contribution >= 0.6 is 0 Å². The summed E-state index contributed by atoms with van der Waals surface area (Å²) in [4.78, 5) is 0. The van der Waals surface area contributed by atoms with Crippen molar-refractivity contribution in [1.29, 1.82) is 10.8 Å². The summed E-state index contributed by atoms with van der Waals surface area (Å²) >= 11 is 0. The molecule has 4 nitrogen and oxygen atoms in total. The second-order valence-electron chi connectivity index (χ2n) is 1.95. The van der Waals surface area contributed by atoms with Gasteiger partial charge in [-0.3, -0.25) is 10.8 Å². The lowest BCUT2D eigenvalue weighted by Crippen LogP contribution is -2.04. The zero-order valence-corrected chi connectivity index (χ0v) is 6.17. The van der Waals surface area contributed by atoms with Gasteiger partial charge in [-0.05, 0) is 18.6 Å². The van der Waals surface area contributed by atoms with E-state index in [-0.39, 0.29) is 11.7 Å². The summed E-state index contributed by atoms with van der Waals surface area (Å²) in [6.07, 6.45) is 7.07. The molecule has 0 spiro atoms. The fraction of sp³-hybridized carbons (Fsp3) is 0.143. The highest BCUT2D eigenvalue weighted by Gasteiger charge is 1.76. The van der Waals surface area contributed by atoms with Crippen molar-refractivity contribution in [3.8, 4) is 0 Å². The number of rotatable bonds is 4. The molecule has 0 atom stereocenters. The van der Waals surface area contributed by atoms with Crippen molar-refractivity contribution < 1.29 is 0 Å². The molecule has 0 aromatic rings. The smallest absolute Gasteiger partial charge is 0.114 e. The highest BCUT2D eigenvalue weighted by molar-refractivity contribution is 5.89. The third-order valence-electron chi connectivity index (χ3n) is 0.867. The van der Waals surface area contributed by atoms with Crippen molar-refractivity contribution in [3.63, 3.8) is 0 Å². The molecule has 11 heavy (non-hydrogen) atoms. The molecule has 0 rings (SSSR count). The van der Waals surface area contributed by atoms with Gasteiger partial charge in [-0.2, -0.15) is 0 Å².